The first-order chi connectivity index (χ1) is 8.73. The van der Waals surface area contributed by atoms with E-state index in [1.807, 2.05) is 13.8 Å². The van der Waals surface area contributed by atoms with E-state index in [1.165, 1.54) is 14.2 Å². The molecule has 1 N–H and O–H groups in total. The molecule has 0 spiro atoms. The number of hydrogen-bond acceptors (Lipinski definition) is 3. The van der Waals surface area contributed by atoms with Crippen molar-refractivity contribution in [2.45, 2.75) is 20.8 Å². The predicted molar refractivity (Wildman–Crippen MR) is 76.0 cm³/mol. The summed E-state index contributed by atoms with van der Waals surface area (Å²) in [6.07, 6.45) is 0. The van der Waals surface area contributed by atoms with Gasteiger partial charge in [-0.2, -0.15) is 0 Å². The largest absolute Gasteiger partial charge is 0.494 e. The number of anilines is 1. The first-order valence-electron chi connectivity index (χ1n) is 5.58. The maximum atomic E-state index is 11.6. The van der Waals surface area contributed by atoms with Gasteiger partial charge >= 0.3 is 11.9 Å². The van der Waals surface area contributed by atoms with Gasteiger partial charge in [0.15, 0.2) is 0 Å². The van der Waals surface area contributed by atoms with E-state index in [0.29, 0.717) is 11.4 Å². The van der Waals surface area contributed by atoms with Crippen LogP contribution in [0.5, 0.6) is 5.75 Å². The molecule has 0 saturated carbocycles. The molecule has 0 unspecified atom stereocenters. The number of carboxylic acid groups (broad SMARTS) is 1. The lowest BCUT2D eigenvalue weighted by atomic mass is 10.0. The molecule has 0 aliphatic heterocycles. The van der Waals surface area contributed by atoms with Gasteiger partial charge in [-0.25, -0.2) is 4.79 Å². The molecular weight excluding hydrogens is 314 g/mol. The van der Waals surface area contributed by atoms with Crippen molar-refractivity contribution in [3.8, 4) is 5.75 Å². The monoisotopic (exact) mass is 329 g/mol. The number of rotatable bonds is 2. The van der Waals surface area contributed by atoms with E-state index in [9.17, 15) is 9.59 Å². The van der Waals surface area contributed by atoms with E-state index < -0.39 is 11.9 Å². The van der Waals surface area contributed by atoms with Crippen molar-refractivity contribution < 1.29 is 19.4 Å². The van der Waals surface area contributed by atoms with Gasteiger partial charge in [0.1, 0.15) is 5.75 Å². The highest BCUT2D eigenvalue weighted by atomic mass is 79.9. The summed E-state index contributed by atoms with van der Waals surface area (Å²) in [4.78, 5) is 23.5. The Hall–Kier alpha value is -1.56. The van der Waals surface area contributed by atoms with Crippen LogP contribution >= 0.6 is 15.9 Å². The zero-order valence-corrected chi connectivity index (χ0v) is 13.1. The lowest BCUT2D eigenvalue weighted by Gasteiger charge is -2.24. The third kappa shape index (κ3) is 2.58. The van der Waals surface area contributed by atoms with Crippen LogP contribution in [-0.4, -0.2) is 31.1 Å². The minimum Gasteiger partial charge on any atom is -0.494 e. The van der Waals surface area contributed by atoms with Crippen molar-refractivity contribution in [2.75, 3.05) is 19.1 Å². The van der Waals surface area contributed by atoms with Gasteiger partial charge < -0.3 is 14.7 Å². The molecule has 0 aliphatic carbocycles. The van der Waals surface area contributed by atoms with Gasteiger partial charge in [0, 0.05) is 11.5 Å². The third-order valence-corrected chi connectivity index (χ3v) is 4.35. The van der Waals surface area contributed by atoms with Gasteiger partial charge in [-0.15, -0.1) is 0 Å². The molecule has 19 heavy (non-hydrogen) atoms. The fourth-order valence-electron chi connectivity index (χ4n) is 1.97. The molecule has 0 atom stereocenters. The molecule has 1 aromatic rings. The number of nitrogens with zero attached hydrogens (tertiary/aromatic N) is 1. The average molecular weight is 330 g/mol. The summed E-state index contributed by atoms with van der Waals surface area (Å²) in [5.41, 5.74) is 3.08. The summed E-state index contributed by atoms with van der Waals surface area (Å²) >= 11 is 3.46. The minimum absolute atomic E-state index is 0.463. The number of benzene rings is 1. The number of ether oxygens (including phenoxy) is 1. The highest BCUT2D eigenvalue weighted by Gasteiger charge is 2.26. The SMILES string of the molecule is COc1c(C)c(C)c(Br)c(C)c1N(C)C(=O)C(=O)O. The summed E-state index contributed by atoms with van der Waals surface area (Å²) in [5, 5.41) is 8.82. The Morgan fingerprint density at radius 2 is 1.68 bits per heavy atom. The number of carbonyl (C=O) groups is 2. The van der Waals surface area contributed by atoms with Crippen molar-refractivity contribution in [1.82, 2.24) is 0 Å². The highest BCUT2D eigenvalue weighted by molar-refractivity contribution is 9.10. The molecule has 0 saturated heterocycles. The van der Waals surface area contributed by atoms with Gasteiger partial charge in [0.25, 0.3) is 0 Å². The maximum absolute atomic E-state index is 11.6. The molecule has 1 aromatic carbocycles. The Morgan fingerprint density at radius 1 is 1.16 bits per heavy atom. The van der Waals surface area contributed by atoms with Crippen LogP contribution in [-0.2, 0) is 9.59 Å². The second kappa shape index (κ2) is 5.61. The van der Waals surface area contributed by atoms with E-state index >= 15 is 0 Å². The summed E-state index contributed by atoms with van der Waals surface area (Å²) in [6, 6.07) is 0. The van der Waals surface area contributed by atoms with Crippen molar-refractivity contribution in [2.24, 2.45) is 0 Å². The van der Waals surface area contributed by atoms with E-state index in [2.05, 4.69) is 15.9 Å². The van der Waals surface area contributed by atoms with Gasteiger partial charge in [0.05, 0.1) is 12.8 Å². The van der Waals surface area contributed by atoms with Gasteiger partial charge in [-0.3, -0.25) is 4.79 Å². The van der Waals surface area contributed by atoms with E-state index in [0.717, 1.165) is 26.1 Å². The molecule has 0 aromatic heterocycles. The molecule has 0 bridgehead atoms. The number of methoxy groups -OCH3 is 1. The quantitative estimate of drug-likeness (QED) is 0.846. The van der Waals surface area contributed by atoms with E-state index in [4.69, 9.17) is 9.84 Å². The first kappa shape index (κ1) is 15.5. The number of amides is 1. The molecule has 0 aliphatic rings. The number of hydrogen-bond donors (Lipinski definition) is 1. The molecule has 6 heteroatoms. The van der Waals surface area contributed by atoms with Crippen LogP contribution < -0.4 is 9.64 Å². The molecule has 5 nitrogen and oxygen atoms in total. The molecule has 0 radical (unpaired) electrons. The zero-order chi connectivity index (χ0) is 14.9. The predicted octanol–water partition coefficient (Wildman–Crippen LogP) is 2.43. The number of aliphatic carboxylic acids is 1. The summed E-state index contributed by atoms with van der Waals surface area (Å²) < 4.78 is 6.17. The van der Waals surface area contributed by atoms with Crippen molar-refractivity contribution in [1.29, 1.82) is 0 Å². The Bertz CT molecular complexity index is 554. The summed E-state index contributed by atoms with van der Waals surface area (Å²) in [6.45, 7) is 5.60. The van der Waals surface area contributed by atoms with Crippen LogP contribution in [0.1, 0.15) is 16.7 Å². The van der Waals surface area contributed by atoms with Crippen LogP contribution in [0.4, 0.5) is 5.69 Å². The molecule has 104 valence electrons. The standard InChI is InChI=1S/C13H16BrNO4/c1-6-7(2)11(19-5)10(8(3)9(6)14)15(4)12(16)13(17)18/h1-5H3,(H,17,18). The van der Waals surface area contributed by atoms with Gasteiger partial charge in [0.2, 0.25) is 0 Å². The maximum Gasteiger partial charge on any atom is 0.394 e. The molecule has 1 amide bonds. The van der Waals surface area contributed by atoms with Crippen LogP contribution in [0, 0.1) is 20.8 Å². The Balaban J connectivity index is 3.59. The van der Waals surface area contributed by atoms with Gasteiger partial charge in [-0.1, -0.05) is 15.9 Å². The highest BCUT2D eigenvalue weighted by Crippen LogP contribution is 2.41. The molecule has 0 heterocycles. The second-order valence-electron chi connectivity index (χ2n) is 4.24. The Labute approximate surface area is 120 Å². The molecule has 1 rings (SSSR count). The zero-order valence-electron chi connectivity index (χ0n) is 11.5. The number of carbonyl (C=O) groups excluding carboxylic acids is 1. The topological polar surface area (TPSA) is 66.8 Å². The van der Waals surface area contributed by atoms with E-state index in [1.54, 1.807) is 6.92 Å². The first-order valence-corrected chi connectivity index (χ1v) is 6.37. The smallest absolute Gasteiger partial charge is 0.394 e. The van der Waals surface area contributed by atoms with E-state index in [-0.39, 0.29) is 0 Å². The lowest BCUT2D eigenvalue weighted by molar-refractivity contribution is -0.148. The second-order valence-corrected chi connectivity index (χ2v) is 5.03. The van der Waals surface area contributed by atoms with Gasteiger partial charge in [-0.05, 0) is 37.5 Å². The average Bonchev–Trinajstić information content (AvgIpc) is 2.38. The minimum atomic E-state index is -1.50. The Kier molecular flexibility index (Phi) is 4.57. The summed E-state index contributed by atoms with van der Waals surface area (Å²) in [5.74, 6) is -2.00. The fourth-order valence-corrected chi connectivity index (χ4v) is 2.45. The molecular formula is C13H16BrNO4. The van der Waals surface area contributed by atoms with Crippen LogP contribution in [0.15, 0.2) is 4.47 Å². The number of halogens is 1. The van der Waals surface area contributed by atoms with Crippen LogP contribution in [0.25, 0.3) is 0 Å². The molecule has 0 fully saturated rings. The van der Waals surface area contributed by atoms with Crippen molar-refractivity contribution >= 4 is 33.5 Å². The fraction of sp³-hybridized carbons (Fsp3) is 0.385. The number of carboxylic acids is 1. The normalized spacial score (nSPS) is 10.2. The van der Waals surface area contributed by atoms with Crippen molar-refractivity contribution in [3.63, 3.8) is 0 Å². The Morgan fingerprint density at radius 3 is 2.11 bits per heavy atom. The van der Waals surface area contributed by atoms with Crippen LogP contribution in [0.3, 0.4) is 0 Å². The number of likely N-dealkylation sites (N-methyl/N-ethyl adjacent to an activating group) is 1. The third-order valence-electron chi connectivity index (χ3n) is 3.16. The lowest BCUT2D eigenvalue weighted by Crippen LogP contribution is -2.34. The van der Waals surface area contributed by atoms with Crippen molar-refractivity contribution in [3.05, 3.63) is 21.2 Å². The summed E-state index contributed by atoms with van der Waals surface area (Å²) in [7, 11) is 2.92. The van der Waals surface area contributed by atoms with Crippen LogP contribution in [0.2, 0.25) is 0 Å².